The van der Waals surface area contributed by atoms with Crippen LogP contribution in [0.2, 0.25) is 0 Å². The van der Waals surface area contributed by atoms with Crippen molar-refractivity contribution in [3.8, 4) is 0 Å². The Bertz CT molecular complexity index is 131. The first-order valence-corrected chi connectivity index (χ1v) is 4.28. The molecule has 1 heterocycles. The normalized spacial score (nSPS) is 36.1. The van der Waals surface area contributed by atoms with Crippen LogP contribution >= 0.6 is 22.6 Å². The monoisotopic (exact) mass is 238 g/mol. The van der Waals surface area contributed by atoms with Gasteiger partial charge in [0.2, 0.25) is 0 Å². The lowest BCUT2D eigenvalue weighted by molar-refractivity contribution is 0.0271. The molecule has 52 valence electrons. The molecule has 0 aliphatic carbocycles. The number of hydrogen-bond acceptors (Lipinski definition) is 1. The number of hydrogen-bond donors (Lipinski definition) is 0. The maximum atomic E-state index is 5.48. The van der Waals surface area contributed by atoms with Gasteiger partial charge in [-0.25, -0.2) is 0 Å². The van der Waals surface area contributed by atoms with Gasteiger partial charge < -0.3 is 4.74 Å². The fourth-order valence-corrected chi connectivity index (χ4v) is 2.18. The van der Waals surface area contributed by atoms with Crippen LogP contribution in [0.3, 0.4) is 0 Å². The van der Waals surface area contributed by atoms with Crippen LogP contribution < -0.4 is 0 Å². The van der Waals surface area contributed by atoms with Crippen LogP contribution in [0.1, 0.15) is 20.3 Å². The molecule has 2 atom stereocenters. The summed E-state index contributed by atoms with van der Waals surface area (Å²) < 4.78 is 6.90. The summed E-state index contributed by atoms with van der Waals surface area (Å²) in [5.74, 6) is 0. The molecule has 0 spiro atoms. The summed E-state index contributed by atoms with van der Waals surface area (Å²) >= 11 is 2.37. The predicted octanol–water partition coefficient (Wildman–Crippen LogP) is 2.50. The minimum absolute atomic E-state index is 0.320. The highest BCUT2D eigenvalue weighted by molar-refractivity contribution is 14.1. The van der Waals surface area contributed by atoms with E-state index < -0.39 is 0 Å². The molecule has 0 bridgehead atoms. The van der Waals surface area contributed by atoms with Crippen LogP contribution in [0.15, 0.2) is 9.66 Å². The zero-order valence-corrected chi connectivity index (χ0v) is 7.88. The molecule has 0 radical (unpaired) electrons. The highest BCUT2D eigenvalue weighted by Gasteiger charge is 2.13. The highest BCUT2D eigenvalue weighted by atomic mass is 127. The topological polar surface area (TPSA) is 9.23 Å². The predicted molar refractivity (Wildman–Crippen MR) is 46.7 cm³/mol. The molecule has 0 aromatic heterocycles. The van der Waals surface area contributed by atoms with Gasteiger partial charge in [-0.1, -0.05) is 0 Å². The Kier molecular flexibility index (Phi) is 2.52. The van der Waals surface area contributed by atoms with Crippen molar-refractivity contribution in [2.24, 2.45) is 0 Å². The van der Waals surface area contributed by atoms with Gasteiger partial charge in [-0.05, 0) is 46.1 Å². The van der Waals surface area contributed by atoms with E-state index in [-0.39, 0.29) is 0 Å². The third-order valence-corrected chi connectivity index (χ3v) is 2.14. The minimum Gasteiger partial charge on any atom is -0.371 e. The minimum atomic E-state index is 0.320. The maximum Gasteiger partial charge on any atom is 0.0741 e. The number of halogens is 1. The van der Waals surface area contributed by atoms with Gasteiger partial charge in [0, 0.05) is 6.42 Å². The summed E-state index contributed by atoms with van der Waals surface area (Å²) in [5.41, 5.74) is 0. The third kappa shape index (κ3) is 2.26. The molecule has 0 fully saturated rings. The van der Waals surface area contributed by atoms with Gasteiger partial charge in [0.05, 0.1) is 12.2 Å². The lowest BCUT2D eigenvalue weighted by Crippen LogP contribution is -2.19. The summed E-state index contributed by atoms with van der Waals surface area (Å²) in [6, 6.07) is 0. The third-order valence-electron chi connectivity index (χ3n) is 1.34. The summed E-state index contributed by atoms with van der Waals surface area (Å²) in [4.78, 5) is 0. The second-order valence-corrected chi connectivity index (χ2v) is 3.86. The van der Waals surface area contributed by atoms with E-state index in [0.29, 0.717) is 12.2 Å². The zero-order chi connectivity index (χ0) is 6.85. The zero-order valence-electron chi connectivity index (χ0n) is 5.73. The summed E-state index contributed by atoms with van der Waals surface area (Å²) in [6.45, 7) is 4.19. The molecule has 9 heavy (non-hydrogen) atoms. The molecule has 0 saturated carbocycles. The van der Waals surface area contributed by atoms with E-state index in [0.717, 1.165) is 6.42 Å². The van der Waals surface area contributed by atoms with E-state index in [1.807, 2.05) is 0 Å². The van der Waals surface area contributed by atoms with Crippen LogP contribution in [0.4, 0.5) is 0 Å². The molecule has 1 nitrogen and oxygen atoms in total. The number of ether oxygens (including phenoxy) is 1. The van der Waals surface area contributed by atoms with Gasteiger partial charge in [-0.3, -0.25) is 0 Å². The van der Waals surface area contributed by atoms with E-state index in [1.54, 1.807) is 0 Å². The summed E-state index contributed by atoms with van der Waals surface area (Å²) in [5, 5.41) is 0. The summed E-state index contributed by atoms with van der Waals surface area (Å²) in [7, 11) is 0. The van der Waals surface area contributed by atoms with Gasteiger partial charge >= 0.3 is 0 Å². The Balaban J connectivity index is 2.56. The quantitative estimate of drug-likeness (QED) is 0.589. The Morgan fingerprint density at radius 2 is 2.33 bits per heavy atom. The molecule has 2 unspecified atom stereocenters. The van der Waals surface area contributed by atoms with Gasteiger partial charge in [0.25, 0.3) is 0 Å². The molecule has 0 amide bonds. The first kappa shape index (κ1) is 7.54. The maximum absolute atomic E-state index is 5.48. The molecule has 1 aliphatic rings. The van der Waals surface area contributed by atoms with Gasteiger partial charge in [0.15, 0.2) is 0 Å². The molecule has 0 saturated heterocycles. The van der Waals surface area contributed by atoms with Crippen LogP contribution in [0.5, 0.6) is 0 Å². The van der Waals surface area contributed by atoms with E-state index in [9.17, 15) is 0 Å². The Morgan fingerprint density at radius 1 is 1.67 bits per heavy atom. The van der Waals surface area contributed by atoms with Crippen molar-refractivity contribution in [2.75, 3.05) is 0 Å². The summed E-state index contributed by atoms with van der Waals surface area (Å²) in [6.07, 6.45) is 3.99. The van der Waals surface area contributed by atoms with E-state index in [4.69, 9.17) is 4.74 Å². The fourth-order valence-electron chi connectivity index (χ4n) is 1.05. The van der Waals surface area contributed by atoms with Crippen molar-refractivity contribution < 1.29 is 4.74 Å². The van der Waals surface area contributed by atoms with Gasteiger partial charge in [-0.15, -0.1) is 0 Å². The van der Waals surface area contributed by atoms with Crippen LogP contribution in [-0.4, -0.2) is 12.2 Å². The molecule has 1 aliphatic heterocycles. The standard InChI is InChI=1S/C7H11IO/c1-5-3-7(8)4-6(2)9-5/h3,5-6H,4H2,1-2H3. The van der Waals surface area contributed by atoms with Crippen molar-refractivity contribution in [3.63, 3.8) is 0 Å². The molecular formula is C7H11IO. The van der Waals surface area contributed by atoms with Crippen molar-refractivity contribution in [2.45, 2.75) is 32.5 Å². The Morgan fingerprint density at radius 3 is 2.78 bits per heavy atom. The average Bonchev–Trinajstić information content (AvgIpc) is 1.59. The molecule has 0 aromatic rings. The lowest BCUT2D eigenvalue weighted by Gasteiger charge is -2.21. The van der Waals surface area contributed by atoms with Crippen molar-refractivity contribution in [3.05, 3.63) is 9.66 Å². The smallest absolute Gasteiger partial charge is 0.0741 e. The molecular weight excluding hydrogens is 227 g/mol. The Labute approximate surface area is 69.6 Å². The second-order valence-electron chi connectivity index (χ2n) is 2.47. The van der Waals surface area contributed by atoms with Gasteiger partial charge in [-0.2, -0.15) is 0 Å². The first-order chi connectivity index (χ1) is 4.18. The second kappa shape index (κ2) is 3.01. The molecule has 2 heteroatoms. The van der Waals surface area contributed by atoms with Crippen molar-refractivity contribution in [1.82, 2.24) is 0 Å². The Hall–Kier alpha value is 0.430. The highest BCUT2D eigenvalue weighted by Crippen LogP contribution is 2.22. The van der Waals surface area contributed by atoms with Crippen LogP contribution in [0.25, 0.3) is 0 Å². The molecule has 0 N–H and O–H groups in total. The van der Waals surface area contributed by atoms with E-state index >= 15 is 0 Å². The van der Waals surface area contributed by atoms with Crippen LogP contribution in [-0.2, 0) is 4.74 Å². The fraction of sp³-hybridized carbons (Fsp3) is 0.714. The molecule has 1 rings (SSSR count). The van der Waals surface area contributed by atoms with Crippen LogP contribution in [0, 0.1) is 0 Å². The van der Waals surface area contributed by atoms with Gasteiger partial charge in [0.1, 0.15) is 0 Å². The molecule has 0 aromatic carbocycles. The first-order valence-electron chi connectivity index (χ1n) is 3.20. The largest absolute Gasteiger partial charge is 0.371 e. The van der Waals surface area contributed by atoms with Crippen molar-refractivity contribution >= 4 is 22.6 Å². The SMILES string of the molecule is CC1C=C(I)CC(C)O1. The van der Waals surface area contributed by atoms with E-state index in [2.05, 4.69) is 42.5 Å². The van der Waals surface area contributed by atoms with E-state index in [1.165, 1.54) is 3.58 Å². The lowest BCUT2D eigenvalue weighted by atomic mass is 10.2. The average molecular weight is 238 g/mol. The van der Waals surface area contributed by atoms with Crippen molar-refractivity contribution in [1.29, 1.82) is 0 Å². The number of rotatable bonds is 0.